The van der Waals surface area contributed by atoms with Gasteiger partial charge in [-0.25, -0.2) is 0 Å². The van der Waals surface area contributed by atoms with Crippen molar-refractivity contribution in [3.05, 3.63) is 45.8 Å². The highest BCUT2D eigenvalue weighted by molar-refractivity contribution is 6.82. The van der Waals surface area contributed by atoms with E-state index in [2.05, 4.69) is 38.2 Å². The Balaban J connectivity index is 1.89. The molecule has 0 N–H and O–H groups in total. The Morgan fingerprint density at radius 1 is 0.595 bits per heavy atom. The SMILES string of the molecule is CCCO[Si](OC(CC)(C1=CCCCCC1)C1=CCCCCC1)(C1=CCCCCC1)C1=CCCCCC1. The molecule has 0 aromatic carbocycles. The Bertz CT molecular complexity index is 777. The lowest BCUT2D eigenvalue weighted by Crippen LogP contribution is -2.56. The molecule has 2 nitrogen and oxygen atoms in total. The smallest absolute Gasteiger partial charge is 0.388 e. The number of hydrogen-bond donors (Lipinski definition) is 0. The zero-order chi connectivity index (χ0) is 25.8. The van der Waals surface area contributed by atoms with E-state index in [9.17, 15) is 0 Å². The third-order valence-corrected chi connectivity index (χ3v) is 13.2. The molecule has 0 atom stereocenters. The van der Waals surface area contributed by atoms with E-state index in [0.717, 1.165) is 19.4 Å². The van der Waals surface area contributed by atoms with E-state index in [4.69, 9.17) is 8.85 Å². The first-order valence-corrected chi connectivity index (χ1v) is 18.2. The molecule has 0 spiro atoms. The Kier molecular flexibility index (Phi) is 11.8. The maximum Gasteiger partial charge on any atom is 0.399 e. The van der Waals surface area contributed by atoms with Gasteiger partial charge in [-0.15, -0.1) is 0 Å². The van der Waals surface area contributed by atoms with E-state index in [-0.39, 0.29) is 5.60 Å². The van der Waals surface area contributed by atoms with Gasteiger partial charge in [-0.05, 0) is 137 Å². The monoisotopic (exact) mass is 524 g/mol. The van der Waals surface area contributed by atoms with Crippen molar-refractivity contribution >= 4 is 8.56 Å². The van der Waals surface area contributed by atoms with E-state index < -0.39 is 8.56 Å². The van der Waals surface area contributed by atoms with Crippen LogP contribution < -0.4 is 0 Å². The Labute approximate surface area is 230 Å². The largest absolute Gasteiger partial charge is 0.399 e. The van der Waals surface area contributed by atoms with Gasteiger partial charge in [0.15, 0.2) is 0 Å². The highest BCUT2D eigenvalue weighted by Crippen LogP contribution is 2.48. The molecular formula is C34H56O2Si. The van der Waals surface area contributed by atoms with Crippen LogP contribution in [0.25, 0.3) is 0 Å². The van der Waals surface area contributed by atoms with Crippen molar-refractivity contribution in [2.75, 3.05) is 6.61 Å². The molecule has 0 heterocycles. The molecular weight excluding hydrogens is 468 g/mol. The van der Waals surface area contributed by atoms with E-state index >= 15 is 0 Å². The van der Waals surface area contributed by atoms with Gasteiger partial charge in [0.05, 0.1) is 0 Å². The summed E-state index contributed by atoms with van der Waals surface area (Å²) in [5.74, 6) is 0. The van der Waals surface area contributed by atoms with Crippen molar-refractivity contribution < 1.29 is 8.85 Å². The predicted molar refractivity (Wildman–Crippen MR) is 161 cm³/mol. The van der Waals surface area contributed by atoms with Crippen molar-refractivity contribution in [3.63, 3.8) is 0 Å². The second-order valence-corrected chi connectivity index (χ2v) is 15.1. The summed E-state index contributed by atoms with van der Waals surface area (Å²) in [6, 6.07) is 0. The van der Waals surface area contributed by atoms with Gasteiger partial charge in [-0.3, -0.25) is 0 Å². The molecule has 208 valence electrons. The second-order valence-electron chi connectivity index (χ2n) is 12.1. The van der Waals surface area contributed by atoms with Crippen LogP contribution >= 0.6 is 0 Å². The summed E-state index contributed by atoms with van der Waals surface area (Å²) in [5, 5.41) is 3.15. The van der Waals surface area contributed by atoms with Crippen LogP contribution in [0.15, 0.2) is 45.8 Å². The molecule has 4 rings (SSSR count). The Hall–Kier alpha value is -0.903. The fourth-order valence-corrected chi connectivity index (χ4v) is 11.6. The van der Waals surface area contributed by atoms with E-state index in [1.807, 2.05) is 0 Å². The van der Waals surface area contributed by atoms with Crippen molar-refractivity contribution in [1.29, 1.82) is 0 Å². The normalized spacial score (nSPS) is 23.0. The summed E-state index contributed by atoms with van der Waals surface area (Å²) >= 11 is 0. The molecule has 0 aliphatic heterocycles. The number of hydrogen-bond acceptors (Lipinski definition) is 2. The molecule has 4 aliphatic carbocycles. The molecule has 0 radical (unpaired) electrons. The lowest BCUT2D eigenvalue weighted by Gasteiger charge is -2.47. The maximum atomic E-state index is 8.10. The lowest BCUT2D eigenvalue weighted by molar-refractivity contribution is 0.0738. The number of allylic oxidation sites excluding steroid dienone is 6. The molecule has 3 heteroatoms. The van der Waals surface area contributed by atoms with Gasteiger partial charge in [0.1, 0.15) is 5.60 Å². The molecule has 4 aliphatic rings. The molecule has 0 saturated carbocycles. The van der Waals surface area contributed by atoms with Gasteiger partial charge in [0.25, 0.3) is 0 Å². The first-order valence-electron chi connectivity index (χ1n) is 16.4. The summed E-state index contributed by atoms with van der Waals surface area (Å²) in [6.07, 6.45) is 37.9. The Morgan fingerprint density at radius 3 is 1.51 bits per heavy atom. The molecule has 0 fully saturated rings. The summed E-state index contributed by atoms with van der Waals surface area (Å²) in [7, 11) is -2.80. The molecule has 0 aromatic rings. The lowest BCUT2D eigenvalue weighted by atomic mass is 9.79. The molecule has 0 amide bonds. The van der Waals surface area contributed by atoms with Crippen molar-refractivity contribution in [3.8, 4) is 0 Å². The quantitative estimate of drug-likeness (QED) is 0.209. The first kappa shape index (κ1) is 29.1. The topological polar surface area (TPSA) is 18.5 Å². The zero-order valence-corrected chi connectivity index (χ0v) is 25.4. The second kappa shape index (κ2) is 15.0. The number of rotatable bonds is 10. The molecule has 0 aromatic heterocycles. The molecule has 0 unspecified atom stereocenters. The van der Waals surface area contributed by atoms with Crippen LogP contribution in [0, 0.1) is 0 Å². The average Bonchev–Trinajstić information content (AvgIpc) is 3.55. The fourth-order valence-electron chi connectivity index (χ4n) is 7.30. The van der Waals surface area contributed by atoms with Crippen molar-refractivity contribution in [1.82, 2.24) is 0 Å². The average molecular weight is 525 g/mol. The van der Waals surface area contributed by atoms with E-state index in [1.54, 1.807) is 21.5 Å². The highest BCUT2D eigenvalue weighted by Gasteiger charge is 2.53. The summed E-state index contributed by atoms with van der Waals surface area (Å²) in [4.78, 5) is 0. The van der Waals surface area contributed by atoms with Crippen molar-refractivity contribution in [2.24, 2.45) is 0 Å². The van der Waals surface area contributed by atoms with Crippen LogP contribution in [0.5, 0.6) is 0 Å². The van der Waals surface area contributed by atoms with Crippen LogP contribution in [0.3, 0.4) is 0 Å². The zero-order valence-electron chi connectivity index (χ0n) is 24.4. The summed E-state index contributed by atoms with van der Waals surface area (Å²) in [6.45, 7) is 5.51. The summed E-state index contributed by atoms with van der Waals surface area (Å²) < 4.78 is 15.4. The van der Waals surface area contributed by atoms with Crippen LogP contribution in [-0.4, -0.2) is 20.8 Å². The van der Waals surface area contributed by atoms with Gasteiger partial charge in [-0.1, -0.05) is 63.8 Å². The Morgan fingerprint density at radius 2 is 1.05 bits per heavy atom. The molecule has 0 saturated heterocycles. The van der Waals surface area contributed by atoms with Crippen LogP contribution in [0.2, 0.25) is 0 Å². The minimum Gasteiger partial charge on any atom is -0.388 e. The minimum atomic E-state index is -2.80. The van der Waals surface area contributed by atoms with Gasteiger partial charge < -0.3 is 8.85 Å². The molecule has 37 heavy (non-hydrogen) atoms. The third-order valence-electron chi connectivity index (χ3n) is 9.37. The van der Waals surface area contributed by atoms with Gasteiger partial charge in [0.2, 0.25) is 0 Å². The first-order chi connectivity index (χ1) is 18.2. The van der Waals surface area contributed by atoms with Crippen molar-refractivity contribution in [2.45, 2.75) is 161 Å². The summed E-state index contributed by atoms with van der Waals surface area (Å²) in [5.41, 5.74) is 2.91. The van der Waals surface area contributed by atoms with Crippen LogP contribution in [-0.2, 0) is 8.85 Å². The van der Waals surface area contributed by atoms with Gasteiger partial charge >= 0.3 is 8.56 Å². The molecule has 0 bridgehead atoms. The van der Waals surface area contributed by atoms with Crippen LogP contribution in [0.4, 0.5) is 0 Å². The fraction of sp³-hybridized carbons (Fsp3) is 0.765. The maximum absolute atomic E-state index is 8.10. The predicted octanol–water partition coefficient (Wildman–Crippen LogP) is 10.7. The van der Waals surface area contributed by atoms with Gasteiger partial charge in [-0.2, -0.15) is 0 Å². The van der Waals surface area contributed by atoms with E-state index in [1.165, 1.54) is 128 Å². The third kappa shape index (κ3) is 7.20. The van der Waals surface area contributed by atoms with Gasteiger partial charge in [0, 0.05) is 6.61 Å². The highest BCUT2D eigenvalue weighted by atomic mass is 28.4. The minimum absolute atomic E-state index is 0.283. The van der Waals surface area contributed by atoms with E-state index in [0.29, 0.717) is 0 Å². The van der Waals surface area contributed by atoms with Crippen LogP contribution in [0.1, 0.15) is 155 Å². The standard InChI is InChI=1S/C34H56O2Si/c1-3-29-35-37(32-25-17-9-10-18-26-32,33-27-19-11-12-20-28-33)36-34(4-2,30-21-13-5-6-14-22-30)31-23-15-7-8-16-24-31/h21,23,25,27H,3-20,22,24,26,28-29H2,1-2H3.